The van der Waals surface area contributed by atoms with Crippen molar-refractivity contribution in [3.8, 4) is 5.75 Å². The average molecular weight is 358 g/mol. The number of halogens is 1. The molecule has 4 nitrogen and oxygen atoms in total. The van der Waals surface area contributed by atoms with Crippen molar-refractivity contribution >= 4 is 21.9 Å². The third kappa shape index (κ3) is 7.48. The zero-order valence-corrected chi connectivity index (χ0v) is 14.2. The third-order valence-electron chi connectivity index (χ3n) is 3.02. The van der Waals surface area contributed by atoms with Gasteiger partial charge in [0.15, 0.2) is 0 Å². The normalized spacial score (nSPS) is 10.4. The number of carbonyl (C=O) groups is 1. The monoisotopic (exact) mass is 357 g/mol. The Bertz CT molecular complexity index is 438. The van der Waals surface area contributed by atoms with Gasteiger partial charge < -0.3 is 15.2 Å². The van der Waals surface area contributed by atoms with E-state index in [4.69, 9.17) is 15.2 Å². The van der Waals surface area contributed by atoms with Gasteiger partial charge >= 0.3 is 5.97 Å². The predicted octanol–water partition coefficient (Wildman–Crippen LogP) is 3.45. The van der Waals surface area contributed by atoms with Crippen molar-refractivity contribution < 1.29 is 14.3 Å². The second-order valence-corrected chi connectivity index (χ2v) is 5.62. The molecular weight excluding hydrogens is 334 g/mol. The number of rotatable bonds is 10. The fourth-order valence-electron chi connectivity index (χ4n) is 1.95. The van der Waals surface area contributed by atoms with Crippen LogP contribution in [0.2, 0.25) is 0 Å². The average Bonchev–Trinajstić information content (AvgIpc) is 2.45. The van der Waals surface area contributed by atoms with Crippen molar-refractivity contribution in [1.82, 2.24) is 0 Å². The summed E-state index contributed by atoms with van der Waals surface area (Å²) in [6, 6.07) is 6.05. The second kappa shape index (κ2) is 10.6. The first-order valence-corrected chi connectivity index (χ1v) is 8.23. The maximum absolute atomic E-state index is 11.2. The number of hydrogen-bond donors (Lipinski definition) is 1. The van der Waals surface area contributed by atoms with Crippen LogP contribution in [0.1, 0.15) is 38.2 Å². The number of nitrogens with two attached hydrogens (primary N) is 1. The van der Waals surface area contributed by atoms with Crippen LogP contribution >= 0.6 is 15.9 Å². The summed E-state index contributed by atoms with van der Waals surface area (Å²) in [6.45, 7) is 3.57. The molecule has 5 heteroatoms. The molecule has 0 saturated heterocycles. The quantitative estimate of drug-likeness (QED) is 0.514. The Morgan fingerprint density at radius 2 is 2.10 bits per heavy atom. The topological polar surface area (TPSA) is 61.5 Å². The highest BCUT2D eigenvalue weighted by Gasteiger charge is 2.04. The smallest absolute Gasteiger partial charge is 0.305 e. The van der Waals surface area contributed by atoms with Crippen molar-refractivity contribution in [3.63, 3.8) is 0 Å². The molecule has 0 spiro atoms. The predicted molar refractivity (Wildman–Crippen MR) is 87.5 cm³/mol. The summed E-state index contributed by atoms with van der Waals surface area (Å²) in [6.07, 6.45) is 4.09. The van der Waals surface area contributed by atoms with Gasteiger partial charge in [-0.15, -0.1) is 0 Å². The molecule has 0 atom stereocenters. The Labute approximate surface area is 135 Å². The standard InChI is InChI=1S/C16H24BrNO3/c1-2-20-16(19)6-4-3-5-11-21-15-8-7-13(9-10-18)12-14(15)17/h7-8,12H,2-6,9-11,18H2,1H3. The van der Waals surface area contributed by atoms with Gasteiger partial charge in [-0.2, -0.15) is 0 Å². The molecule has 0 heterocycles. The second-order valence-electron chi connectivity index (χ2n) is 4.77. The van der Waals surface area contributed by atoms with Crippen LogP contribution in [0.4, 0.5) is 0 Å². The molecule has 1 rings (SSSR count). The van der Waals surface area contributed by atoms with Crippen LogP contribution in [0.25, 0.3) is 0 Å². The maximum atomic E-state index is 11.2. The van der Waals surface area contributed by atoms with Crippen LogP contribution in [0.3, 0.4) is 0 Å². The Balaban J connectivity index is 2.19. The summed E-state index contributed by atoms with van der Waals surface area (Å²) in [5.41, 5.74) is 6.74. The number of unbranched alkanes of at least 4 members (excludes halogenated alkanes) is 2. The van der Waals surface area contributed by atoms with E-state index < -0.39 is 0 Å². The van der Waals surface area contributed by atoms with E-state index in [1.165, 1.54) is 5.56 Å². The van der Waals surface area contributed by atoms with Crippen molar-refractivity contribution in [1.29, 1.82) is 0 Å². The summed E-state index contributed by atoms with van der Waals surface area (Å²) in [5, 5.41) is 0. The lowest BCUT2D eigenvalue weighted by Crippen LogP contribution is -2.04. The SMILES string of the molecule is CCOC(=O)CCCCCOc1ccc(CCN)cc1Br. The lowest BCUT2D eigenvalue weighted by molar-refractivity contribution is -0.143. The van der Waals surface area contributed by atoms with Crippen LogP contribution in [0, 0.1) is 0 Å². The van der Waals surface area contributed by atoms with E-state index in [0.717, 1.165) is 35.9 Å². The highest BCUT2D eigenvalue weighted by Crippen LogP contribution is 2.26. The highest BCUT2D eigenvalue weighted by molar-refractivity contribution is 9.10. The van der Waals surface area contributed by atoms with Gasteiger partial charge in [0.2, 0.25) is 0 Å². The maximum Gasteiger partial charge on any atom is 0.305 e. The van der Waals surface area contributed by atoms with E-state index in [9.17, 15) is 4.79 Å². The minimum absolute atomic E-state index is 0.114. The largest absolute Gasteiger partial charge is 0.492 e. The molecule has 0 bridgehead atoms. The molecule has 0 saturated carbocycles. The lowest BCUT2D eigenvalue weighted by Gasteiger charge is -2.09. The van der Waals surface area contributed by atoms with E-state index in [-0.39, 0.29) is 5.97 Å². The molecule has 0 unspecified atom stereocenters. The van der Waals surface area contributed by atoms with Gasteiger partial charge in [0, 0.05) is 6.42 Å². The zero-order chi connectivity index (χ0) is 15.5. The molecule has 0 aliphatic carbocycles. The first kappa shape index (κ1) is 18.0. The number of esters is 1. The molecule has 0 amide bonds. The summed E-state index contributed by atoms with van der Waals surface area (Å²) < 4.78 is 11.6. The molecule has 0 aliphatic rings. The molecule has 0 fully saturated rings. The molecule has 2 N–H and O–H groups in total. The van der Waals surface area contributed by atoms with Crippen molar-refractivity contribution in [2.75, 3.05) is 19.8 Å². The van der Waals surface area contributed by atoms with Crippen molar-refractivity contribution in [2.45, 2.75) is 39.0 Å². The minimum Gasteiger partial charge on any atom is -0.492 e. The van der Waals surface area contributed by atoms with E-state index in [1.807, 2.05) is 25.1 Å². The molecule has 0 radical (unpaired) electrons. The zero-order valence-electron chi connectivity index (χ0n) is 12.6. The Morgan fingerprint density at radius 3 is 2.76 bits per heavy atom. The van der Waals surface area contributed by atoms with E-state index >= 15 is 0 Å². The minimum atomic E-state index is -0.114. The van der Waals surface area contributed by atoms with E-state index in [1.54, 1.807) is 0 Å². The van der Waals surface area contributed by atoms with Gasteiger partial charge in [0.25, 0.3) is 0 Å². The summed E-state index contributed by atoms with van der Waals surface area (Å²) >= 11 is 3.51. The summed E-state index contributed by atoms with van der Waals surface area (Å²) in [7, 11) is 0. The van der Waals surface area contributed by atoms with Gasteiger partial charge in [-0.05, 0) is 72.8 Å². The highest BCUT2D eigenvalue weighted by atomic mass is 79.9. The third-order valence-corrected chi connectivity index (χ3v) is 3.64. The number of carbonyl (C=O) groups excluding carboxylic acids is 1. The van der Waals surface area contributed by atoms with Crippen LogP contribution in [-0.2, 0) is 16.0 Å². The Kier molecular flexibility index (Phi) is 9.10. The van der Waals surface area contributed by atoms with E-state index in [0.29, 0.717) is 26.2 Å². The first-order valence-electron chi connectivity index (χ1n) is 7.44. The fraction of sp³-hybridized carbons (Fsp3) is 0.562. The number of ether oxygens (including phenoxy) is 2. The van der Waals surface area contributed by atoms with Gasteiger partial charge in [-0.3, -0.25) is 4.79 Å². The molecule has 0 aliphatic heterocycles. The number of benzene rings is 1. The summed E-state index contributed by atoms with van der Waals surface area (Å²) in [5.74, 6) is 0.734. The van der Waals surface area contributed by atoms with Crippen molar-refractivity contribution in [2.24, 2.45) is 5.73 Å². The van der Waals surface area contributed by atoms with Crippen LogP contribution in [-0.4, -0.2) is 25.7 Å². The molecule has 0 aromatic heterocycles. The van der Waals surface area contributed by atoms with Crippen LogP contribution < -0.4 is 10.5 Å². The van der Waals surface area contributed by atoms with Crippen molar-refractivity contribution in [3.05, 3.63) is 28.2 Å². The number of hydrogen-bond acceptors (Lipinski definition) is 4. The van der Waals surface area contributed by atoms with Gasteiger partial charge in [-0.25, -0.2) is 0 Å². The van der Waals surface area contributed by atoms with Gasteiger partial charge in [0.05, 0.1) is 17.7 Å². The van der Waals surface area contributed by atoms with Crippen LogP contribution in [0.15, 0.2) is 22.7 Å². The first-order chi connectivity index (χ1) is 10.2. The molecule has 1 aromatic carbocycles. The molecular formula is C16H24BrNO3. The Morgan fingerprint density at radius 1 is 1.29 bits per heavy atom. The van der Waals surface area contributed by atoms with Gasteiger partial charge in [0.1, 0.15) is 5.75 Å². The van der Waals surface area contributed by atoms with Gasteiger partial charge in [-0.1, -0.05) is 6.07 Å². The van der Waals surface area contributed by atoms with E-state index in [2.05, 4.69) is 15.9 Å². The summed E-state index contributed by atoms with van der Waals surface area (Å²) in [4.78, 5) is 11.2. The lowest BCUT2D eigenvalue weighted by atomic mass is 10.1. The molecule has 1 aromatic rings. The molecule has 21 heavy (non-hydrogen) atoms. The fourth-order valence-corrected chi connectivity index (χ4v) is 2.49. The Hall–Kier alpha value is -1.07. The molecule has 118 valence electrons. The van der Waals surface area contributed by atoms with Crippen LogP contribution in [0.5, 0.6) is 5.75 Å².